The van der Waals surface area contributed by atoms with E-state index in [4.69, 9.17) is 0 Å². The molecule has 2 fully saturated rings. The number of hydrogen-bond donors (Lipinski definition) is 1. The molecule has 1 N–H and O–H groups in total. The van der Waals surface area contributed by atoms with Gasteiger partial charge in [-0.1, -0.05) is 30.3 Å². The molecule has 7 heteroatoms. The van der Waals surface area contributed by atoms with Crippen LogP contribution in [0.25, 0.3) is 0 Å². The number of sulfonamides is 1. The first kappa shape index (κ1) is 19.3. The van der Waals surface area contributed by atoms with Crippen molar-refractivity contribution >= 4 is 15.9 Å². The molecule has 0 radical (unpaired) electrons. The van der Waals surface area contributed by atoms with Gasteiger partial charge in [-0.2, -0.15) is 0 Å². The molecule has 1 aromatic rings. The maximum Gasteiger partial charge on any atom is 0.236 e. The molecule has 0 saturated carbocycles. The highest BCUT2D eigenvalue weighted by Gasteiger charge is 2.26. The number of carbonyl (C=O) groups is 1. The zero-order valence-corrected chi connectivity index (χ0v) is 16.1. The predicted octanol–water partition coefficient (Wildman–Crippen LogP) is 1.44. The Balaban J connectivity index is 1.46. The topological polar surface area (TPSA) is 69.7 Å². The smallest absolute Gasteiger partial charge is 0.236 e. The summed E-state index contributed by atoms with van der Waals surface area (Å²) in [5.41, 5.74) is 0.783. The van der Waals surface area contributed by atoms with Crippen LogP contribution >= 0.6 is 0 Å². The third-order valence-corrected chi connectivity index (χ3v) is 6.54. The number of amides is 1. The van der Waals surface area contributed by atoms with E-state index in [0.29, 0.717) is 19.6 Å². The Kier molecular flexibility index (Phi) is 6.67. The summed E-state index contributed by atoms with van der Waals surface area (Å²) in [6.45, 7) is 4.39. The van der Waals surface area contributed by atoms with E-state index in [2.05, 4.69) is 9.62 Å². The SMILES string of the molecule is O=C(CN1CCCC1)N1CCCC(CNS(=O)(=O)Cc2ccccc2)C1. The van der Waals surface area contributed by atoms with Gasteiger partial charge in [-0.3, -0.25) is 9.69 Å². The second-order valence-corrected chi connectivity index (χ2v) is 9.23. The van der Waals surface area contributed by atoms with Crippen molar-refractivity contribution in [1.82, 2.24) is 14.5 Å². The van der Waals surface area contributed by atoms with Crippen LogP contribution in [0.4, 0.5) is 0 Å². The Morgan fingerprint density at radius 1 is 1.08 bits per heavy atom. The van der Waals surface area contributed by atoms with Crippen molar-refractivity contribution in [3.05, 3.63) is 35.9 Å². The molecule has 0 bridgehead atoms. The molecule has 1 unspecified atom stereocenters. The second kappa shape index (κ2) is 8.97. The Labute approximate surface area is 156 Å². The summed E-state index contributed by atoms with van der Waals surface area (Å²) in [6, 6.07) is 9.20. The van der Waals surface area contributed by atoms with Crippen molar-refractivity contribution in [3.63, 3.8) is 0 Å². The summed E-state index contributed by atoms with van der Waals surface area (Å²) in [7, 11) is -3.35. The Morgan fingerprint density at radius 3 is 2.54 bits per heavy atom. The van der Waals surface area contributed by atoms with Crippen LogP contribution in [0, 0.1) is 5.92 Å². The van der Waals surface area contributed by atoms with Crippen LogP contribution in [0.1, 0.15) is 31.2 Å². The largest absolute Gasteiger partial charge is 0.341 e. The quantitative estimate of drug-likeness (QED) is 0.778. The molecule has 2 saturated heterocycles. The van der Waals surface area contributed by atoms with Gasteiger partial charge in [-0.15, -0.1) is 0 Å². The summed E-state index contributed by atoms with van der Waals surface area (Å²) in [5.74, 6) is 0.374. The first-order chi connectivity index (χ1) is 12.5. The summed E-state index contributed by atoms with van der Waals surface area (Å²) in [5, 5.41) is 0. The van der Waals surface area contributed by atoms with Crippen molar-refractivity contribution < 1.29 is 13.2 Å². The van der Waals surface area contributed by atoms with Gasteiger partial charge in [-0.05, 0) is 50.3 Å². The van der Waals surface area contributed by atoms with Gasteiger partial charge in [0, 0.05) is 19.6 Å². The third kappa shape index (κ3) is 5.79. The van der Waals surface area contributed by atoms with E-state index < -0.39 is 10.0 Å². The van der Waals surface area contributed by atoms with Crippen molar-refractivity contribution in [2.45, 2.75) is 31.4 Å². The fourth-order valence-electron chi connectivity index (χ4n) is 3.78. The van der Waals surface area contributed by atoms with Crippen molar-refractivity contribution in [2.75, 3.05) is 39.3 Å². The van der Waals surface area contributed by atoms with Gasteiger partial charge >= 0.3 is 0 Å². The predicted molar refractivity (Wildman–Crippen MR) is 102 cm³/mol. The van der Waals surface area contributed by atoms with E-state index >= 15 is 0 Å². The van der Waals surface area contributed by atoms with Crippen LogP contribution in [-0.4, -0.2) is 63.4 Å². The van der Waals surface area contributed by atoms with Gasteiger partial charge in [0.25, 0.3) is 0 Å². The van der Waals surface area contributed by atoms with E-state index in [-0.39, 0.29) is 17.6 Å². The minimum Gasteiger partial charge on any atom is -0.341 e. The number of likely N-dealkylation sites (tertiary alicyclic amines) is 2. The molecule has 144 valence electrons. The molecule has 6 nitrogen and oxygen atoms in total. The average molecular weight is 380 g/mol. The number of hydrogen-bond acceptors (Lipinski definition) is 4. The lowest BCUT2D eigenvalue weighted by Gasteiger charge is -2.33. The molecule has 2 aliphatic heterocycles. The van der Waals surface area contributed by atoms with Gasteiger partial charge in [-0.25, -0.2) is 13.1 Å². The lowest BCUT2D eigenvalue weighted by atomic mass is 9.98. The highest BCUT2D eigenvalue weighted by Crippen LogP contribution is 2.17. The summed E-state index contributed by atoms with van der Waals surface area (Å²) in [6.07, 6.45) is 4.26. The highest BCUT2D eigenvalue weighted by atomic mass is 32.2. The van der Waals surface area contributed by atoms with Crippen LogP contribution in [0.2, 0.25) is 0 Å². The van der Waals surface area contributed by atoms with Gasteiger partial charge < -0.3 is 4.90 Å². The molecule has 1 atom stereocenters. The lowest BCUT2D eigenvalue weighted by molar-refractivity contribution is -0.133. The van der Waals surface area contributed by atoms with Crippen LogP contribution in [0.3, 0.4) is 0 Å². The van der Waals surface area contributed by atoms with E-state index in [0.717, 1.165) is 38.0 Å². The molecule has 2 heterocycles. The lowest BCUT2D eigenvalue weighted by Crippen LogP contribution is -2.47. The Hall–Kier alpha value is -1.44. The van der Waals surface area contributed by atoms with Gasteiger partial charge in [0.2, 0.25) is 15.9 Å². The van der Waals surface area contributed by atoms with Crippen molar-refractivity contribution in [2.24, 2.45) is 5.92 Å². The minimum absolute atomic E-state index is 0.00182. The first-order valence-electron chi connectivity index (χ1n) is 9.53. The summed E-state index contributed by atoms with van der Waals surface area (Å²) in [4.78, 5) is 16.6. The van der Waals surface area contributed by atoms with E-state index in [1.54, 1.807) is 0 Å². The van der Waals surface area contributed by atoms with Crippen LogP contribution in [0.15, 0.2) is 30.3 Å². The molecule has 26 heavy (non-hydrogen) atoms. The number of nitrogens with one attached hydrogen (secondary N) is 1. The molecule has 0 aliphatic carbocycles. The Morgan fingerprint density at radius 2 is 1.81 bits per heavy atom. The van der Waals surface area contributed by atoms with Gasteiger partial charge in [0.1, 0.15) is 0 Å². The van der Waals surface area contributed by atoms with Crippen molar-refractivity contribution in [1.29, 1.82) is 0 Å². The maximum absolute atomic E-state index is 12.5. The normalized spacial score (nSPS) is 21.8. The average Bonchev–Trinajstić information content (AvgIpc) is 3.14. The number of carbonyl (C=O) groups excluding carboxylic acids is 1. The fraction of sp³-hybridized carbons (Fsp3) is 0.632. The number of piperidine rings is 1. The molecular formula is C19H29N3O3S. The van der Waals surface area contributed by atoms with Gasteiger partial charge in [0.05, 0.1) is 12.3 Å². The van der Waals surface area contributed by atoms with Crippen LogP contribution < -0.4 is 4.72 Å². The molecule has 3 rings (SSSR count). The van der Waals surface area contributed by atoms with Crippen molar-refractivity contribution in [3.8, 4) is 0 Å². The first-order valence-corrected chi connectivity index (χ1v) is 11.2. The number of rotatable bonds is 7. The standard InChI is InChI=1S/C19H29N3O3S/c23-19(15-21-10-4-5-11-21)22-12-6-9-18(14-22)13-20-26(24,25)16-17-7-2-1-3-8-17/h1-3,7-8,18,20H,4-6,9-16H2. The van der Waals surface area contributed by atoms with Crippen LogP contribution in [0.5, 0.6) is 0 Å². The molecule has 2 aliphatic rings. The third-order valence-electron chi connectivity index (χ3n) is 5.22. The molecule has 1 aromatic carbocycles. The molecule has 1 amide bonds. The van der Waals surface area contributed by atoms with E-state index in [1.807, 2.05) is 35.2 Å². The fourth-order valence-corrected chi connectivity index (χ4v) is 5.00. The summed E-state index contributed by atoms with van der Waals surface area (Å²) >= 11 is 0. The molecular weight excluding hydrogens is 350 g/mol. The monoisotopic (exact) mass is 379 g/mol. The zero-order valence-electron chi connectivity index (χ0n) is 15.3. The van der Waals surface area contributed by atoms with Gasteiger partial charge in [0.15, 0.2) is 0 Å². The second-order valence-electron chi connectivity index (χ2n) is 7.42. The molecule has 0 spiro atoms. The van der Waals surface area contributed by atoms with E-state index in [1.165, 1.54) is 12.8 Å². The summed E-state index contributed by atoms with van der Waals surface area (Å²) < 4.78 is 27.3. The Bertz CT molecular complexity index is 687. The molecule has 0 aromatic heterocycles. The number of benzene rings is 1. The highest BCUT2D eigenvalue weighted by molar-refractivity contribution is 7.88. The zero-order chi connectivity index (χ0) is 18.4. The van der Waals surface area contributed by atoms with Crippen LogP contribution in [-0.2, 0) is 20.6 Å². The minimum atomic E-state index is -3.35. The number of nitrogens with zero attached hydrogens (tertiary/aromatic N) is 2. The maximum atomic E-state index is 12.5. The van der Waals surface area contributed by atoms with E-state index in [9.17, 15) is 13.2 Å².